The highest BCUT2D eigenvalue weighted by molar-refractivity contribution is 7.80. The van der Waals surface area contributed by atoms with Crippen LogP contribution in [-0.4, -0.2) is 17.4 Å². The van der Waals surface area contributed by atoms with Crippen LogP contribution in [0.4, 0.5) is 0 Å². The quantitative estimate of drug-likeness (QED) is 0.446. The Labute approximate surface area is 102 Å². The molecule has 0 radical (unpaired) electrons. The molecule has 2 aliphatic rings. The number of thiocarbonyl (C=S) groups is 1. The molecule has 0 amide bonds. The highest BCUT2D eigenvalue weighted by atomic mass is 32.1. The number of nitrogens with zero attached hydrogens (tertiary/aromatic N) is 1. The first-order valence-corrected chi connectivity index (χ1v) is 5.99. The van der Waals surface area contributed by atoms with Crippen LogP contribution in [0, 0.1) is 11.8 Å². The van der Waals surface area contributed by atoms with E-state index in [-0.39, 0.29) is 0 Å². The van der Waals surface area contributed by atoms with Gasteiger partial charge in [0.1, 0.15) is 0 Å². The van der Waals surface area contributed by atoms with Crippen molar-refractivity contribution in [2.24, 2.45) is 16.9 Å². The van der Waals surface area contributed by atoms with E-state index < -0.39 is 0 Å². The summed E-state index contributed by atoms with van der Waals surface area (Å²) >= 11 is 5.09. The fourth-order valence-electron chi connectivity index (χ4n) is 2.05. The van der Waals surface area contributed by atoms with E-state index in [9.17, 15) is 0 Å². The Balaban J connectivity index is 1.74. The molecule has 0 aromatic carbocycles. The number of nitrogens with one attached hydrogen (secondary N) is 2. The minimum Gasteiger partial charge on any atom is -0.358 e. The van der Waals surface area contributed by atoms with Crippen LogP contribution in [0.1, 0.15) is 19.8 Å². The molecule has 0 heterocycles. The van der Waals surface area contributed by atoms with Crippen LogP contribution in [0.15, 0.2) is 29.4 Å². The van der Waals surface area contributed by atoms with Crippen LogP contribution in [-0.2, 0) is 0 Å². The van der Waals surface area contributed by atoms with E-state index in [1.807, 2.05) is 6.92 Å². The van der Waals surface area contributed by atoms with Crippen LogP contribution in [0.3, 0.4) is 0 Å². The van der Waals surface area contributed by atoms with Gasteiger partial charge in [0.25, 0.3) is 0 Å². The summed E-state index contributed by atoms with van der Waals surface area (Å²) in [7, 11) is 0. The maximum absolute atomic E-state index is 5.09. The number of allylic oxidation sites excluding steroid dienone is 2. The molecule has 2 aliphatic carbocycles. The van der Waals surface area contributed by atoms with Crippen molar-refractivity contribution in [3.63, 3.8) is 0 Å². The molecule has 2 atom stereocenters. The SMILES string of the molecule is C=C(C)CNC(=S)N/N=C1/C[C@H]2CC=C[C@H]12. The molecule has 86 valence electrons. The Kier molecular flexibility index (Phi) is 3.39. The summed E-state index contributed by atoms with van der Waals surface area (Å²) in [6.45, 7) is 6.46. The molecule has 0 spiro atoms. The van der Waals surface area contributed by atoms with Gasteiger partial charge in [0.15, 0.2) is 5.11 Å². The molecule has 1 fully saturated rings. The van der Waals surface area contributed by atoms with E-state index in [0.717, 1.165) is 17.9 Å². The normalized spacial score (nSPS) is 28.4. The molecule has 2 N–H and O–H groups in total. The monoisotopic (exact) mass is 235 g/mol. The van der Waals surface area contributed by atoms with Crippen molar-refractivity contribution in [2.45, 2.75) is 19.8 Å². The van der Waals surface area contributed by atoms with E-state index in [1.54, 1.807) is 0 Å². The van der Waals surface area contributed by atoms with Crippen molar-refractivity contribution in [3.05, 3.63) is 24.3 Å². The number of fused-ring (bicyclic) bond motifs is 1. The lowest BCUT2D eigenvalue weighted by Gasteiger charge is -2.31. The lowest BCUT2D eigenvalue weighted by molar-refractivity contribution is 0.444. The van der Waals surface area contributed by atoms with Gasteiger partial charge in [-0.25, -0.2) is 0 Å². The Morgan fingerprint density at radius 1 is 1.69 bits per heavy atom. The predicted octanol–water partition coefficient (Wildman–Crippen LogP) is 1.98. The molecule has 0 aliphatic heterocycles. The van der Waals surface area contributed by atoms with Crippen molar-refractivity contribution in [3.8, 4) is 0 Å². The second-order valence-electron chi connectivity index (χ2n) is 4.51. The molecule has 2 rings (SSSR count). The average Bonchev–Trinajstić information content (AvgIpc) is 2.57. The first-order chi connectivity index (χ1) is 7.66. The van der Waals surface area contributed by atoms with Crippen LogP contribution >= 0.6 is 12.2 Å². The minimum absolute atomic E-state index is 0.566. The molecule has 0 unspecified atom stereocenters. The largest absolute Gasteiger partial charge is 0.358 e. The second kappa shape index (κ2) is 4.78. The fraction of sp³-hybridized carbons (Fsp3) is 0.500. The molecular weight excluding hydrogens is 218 g/mol. The lowest BCUT2D eigenvalue weighted by atomic mass is 9.74. The van der Waals surface area contributed by atoms with E-state index in [2.05, 4.69) is 34.6 Å². The maximum Gasteiger partial charge on any atom is 0.187 e. The Bertz CT molecular complexity index is 370. The van der Waals surface area contributed by atoms with Gasteiger partial charge in [-0.2, -0.15) is 5.10 Å². The number of hydrazone groups is 1. The third-order valence-corrected chi connectivity index (χ3v) is 3.23. The number of hydrogen-bond donors (Lipinski definition) is 2. The van der Waals surface area contributed by atoms with Gasteiger partial charge in [-0.1, -0.05) is 24.3 Å². The number of hydrogen-bond acceptors (Lipinski definition) is 2. The topological polar surface area (TPSA) is 36.4 Å². The standard InChI is InChI=1S/C12H17N3S/c1-8(2)7-13-12(16)15-14-11-6-9-4-3-5-10(9)11/h3,5,9-10H,1,4,6-7H2,2H3,(H2,13,15,16)/b14-11-/t9-,10+/m1/s1. The predicted molar refractivity (Wildman–Crippen MR) is 71.3 cm³/mol. The summed E-state index contributed by atoms with van der Waals surface area (Å²) in [5.74, 6) is 1.37. The summed E-state index contributed by atoms with van der Waals surface area (Å²) in [6, 6.07) is 0. The molecule has 3 nitrogen and oxygen atoms in total. The van der Waals surface area contributed by atoms with Crippen LogP contribution in [0.2, 0.25) is 0 Å². The van der Waals surface area contributed by atoms with E-state index >= 15 is 0 Å². The fourth-order valence-corrected chi connectivity index (χ4v) is 2.17. The van der Waals surface area contributed by atoms with Gasteiger partial charge < -0.3 is 5.32 Å². The van der Waals surface area contributed by atoms with E-state index in [4.69, 9.17) is 12.2 Å². The van der Waals surface area contributed by atoms with Gasteiger partial charge in [0, 0.05) is 18.2 Å². The van der Waals surface area contributed by atoms with Gasteiger partial charge >= 0.3 is 0 Å². The lowest BCUT2D eigenvalue weighted by Crippen LogP contribution is -2.38. The zero-order chi connectivity index (χ0) is 11.5. The van der Waals surface area contributed by atoms with Crippen LogP contribution in [0.5, 0.6) is 0 Å². The third-order valence-electron chi connectivity index (χ3n) is 3.00. The van der Waals surface area contributed by atoms with Crippen molar-refractivity contribution in [1.82, 2.24) is 10.7 Å². The summed E-state index contributed by atoms with van der Waals surface area (Å²) < 4.78 is 0. The molecule has 16 heavy (non-hydrogen) atoms. The number of rotatable bonds is 3. The first kappa shape index (κ1) is 11.3. The van der Waals surface area contributed by atoms with E-state index in [0.29, 0.717) is 17.6 Å². The van der Waals surface area contributed by atoms with Crippen molar-refractivity contribution >= 4 is 23.0 Å². The first-order valence-electron chi connectivity index (χ1n) is 5.58. The van der Waals surface area contributed by atoms with Gasteiger partial charge in [0.2, 0.25) is 0 Å². The van der Waals surface area contributed by atoms with Crippen LogP contribution < -0.4 is 10.7 Å². The average molecular weight is 235 g/mol. The van der Waals surface area contributed by atoms with Gasteiger partial charge in [-0.15, -0.1) is 0 Å². The van der Waals surface area contributed by atoms with Gasteiger partial charge in [0.05, 0.1) is 0 Å². The van der Waals surface area contributed by atoms with E-state index in [1.165, 1.54) is 12.1 Å². The smallest absolute Gasteiger partial charge is 0.187 e. The molecule has 1 saturated carbocycles. The summed E-state index contributed by atoms with van der Waals surface area (Å²) in [4.78, 5) is 0. The molecule has 4 heteroatoms. The summed E-state index contributed by atoms with van der Waals surface area (Å²) in [6.07, 6.45) is 6.81. The Hall–Kier alpha value is -1.16. The zero-order valence-corrected chi connectivity index (χ0v) is 10.3. The highest BCUT2D eigenvalue weighted by Crippen LogP contribution is 2.39. The second-order valence-corrected chi connectivity index (χ2v) is 4.92. The van der Waals surface area contributed by atoms with Gasteiger partial charge in [-0.05, 0) is 37.9 Å². The highest BCUT2D eigenvalue weighted by Gasteiger charge is 2.37. The van der Waals surface area contributed by atoms with Crippen LogP contribution in [0.25, 0.3) is 0 Å². The molecule has 0 bridgehead atoms. The molecule has 0 aromatic heterocycles. The zero-order valence-electron chi connectivity index (χ0n) is 9.49. The molecule has 0 saturated heterocycles. The molecule has 0 aromatic rings. The summed E-state index contributed by atoms with van der Waals surface area (Å²) in [5, 5.41) is 7.94. The molecular formula is C12H17N3S. The summed E-state index contributed by atoms with van der Waals surface area (Å²) in [5.41, 5.74) is 5.16. The maximum atomic E-state index is 5.09. The minimum atomic E-state index is 0.566. The van der Waals surface area contributed by atoms with Crippen molar-refractivity contribution in [2.75, 3.05) is 6.54 Å². The Morgan fingerprint density at radius 3 is 3.19 bits per heavy atom. The Morgan fingerprint density at radius 2 is 2.50 bits per heavy atom. The third kappa shape index (κ3) is 2.50. The van der Waals surface area contributed by atoms with Crippen molar-refractivity contribution < 1.29 is 0 Å². The van der Waals surface area contributed by atoms with Gasteiger partial charge in [-0.3, -0.25) is 5.43 Å². The van der Waals surface area contributed by atoms with Crippen molar-refractivity contribution in [1.29, 1.82) is 0 Å².